The molecular weight excluding hydrogens is 400 g/mol. The normalized spacial score (nSPS) is 13.9. The van der Waals surface area contributed by atoms with E-state index in [0.717, 1.165) is 28.8 Å². The topological polar surface area (TPSA) is 91.4 Å². The van der Waals surface area contributed by atoms with Gasteiger partial charge in [0.1, 0.15) is 6.07 Å². The fourth-order valence-corrected chi connectivity index (χ4v) is 3.22. The van der Waals surface area contributed by atoms with Crippen molar-refractivity contribution in [3.63, 3.8) is 0 Å². The average Bonchev–Trinajstić information content (AvgIpc) is 2.67. The fraction of sp³-hybridized carbons (Fsp3) is 0.278. The van der Waals surface area contributed by atoms with Gasteiger partial charge in [0.25, 0.3) is 5.69 Å². The van der Waals surface area contributed by atoms with Gasteiger partial charge < -0.3 is 15.0 Å². The van der Waals surface area contributed by atoms with Gasteiger partial charge in [-0.3, -0.25) is 10.1 Å². The quantitative estimate of drug-likeness (QED) is 0.590. The van der Waals surface area contributed by atoms with Crippen molar-refractivity contribution in [1.29, 1.82) is 5.26 Å². The van der Waals surface area contributed by atoms with E-state index in [2.05, 4.69) is 32.2 Å². The number of nitrogens with zero attached hydrogens (tertiary/aromatic N) is 3. The number of nitrogens with one attached hydrogen (secondary N) is 1. The van der Waals surface area contributed by atoms with E-state index in [4.69, 9.17) is 4.74 Å². The van der Waals surface area contributed by atoms with Crippen molar-refractivity contribution in [3.8, 4) is 6.07 Å². The molecule has 0 unspecified atom stereocenters. The van der Waals surface area contributed by atoms with Crippen LogP contribution in [0.25, 0.3) is 0 Å². The molecule has 1 heterocycles. The van der Waals surface area contributed by atoms with Crippen molar-refractivity contribution in [2.24, 2.45) is 0 Å². The summed E-state index contributed by atoms with van der Waals surface area (Å²) in [6.45, 7) is 3.54. The Bertz CT molecular complexity index is 860. The lowest BCUT2D eigenvalue weighted by Crippen LogP contribution is -2.36. The Balaban J connectivity index is 1.82. The number of hydrogen-bond acceptors (Lipinski definition) is 6. The summed E-state index contributed by atoms with van der Waals surface area (Å²) in [5.74, 6) is 0. The number of nitro benzene ring substituents is 1. The lowest BCUT2D eigenvalue weighted by Gasteiger charge is -2.31. The predicted octanol–water partition coefficient (Wildman–Crippen LogP) is 3.68. The number of nitriles is 1. The van der Waals surface area contributed by atoms with Crippen LogP contribution in [-0.2, 0) is 11.3 Å². The molecule has 26 heavy (non-hydrogen) atoms. The largest absolute Gasteiger partial charge is 0.380 e. The molecule has 0 radical (unpaired) electrons. The number of ether oxygens (including phenoxy) is 1. The second-order valence-electron chi connectivity index (χ2n) is 5.82. The molecular formula is C18H17BrN4O3. The van der Waals surface area contributed by atoms with E-state index < -0.39 is 4.92 Å². The number of halogens is 1. The van der Waals surface area contributed by atoms with Crippen molar-refractivity contribution in [3.05, 3.63) is 62.1 Å². The van der Waals surface area contributed by atoms with Crippen LogP contribution >= 0.6 is 15.9 Å². The molecule has 1 N–H and O–H groups in total. The zero-order chi connectivity index (χ0) is 18.5. The van der Waals surface area contributed by atoms with Gasteiger partial charge in [-0.1, -0.05) is 22.0 Å². The molecule has 0 aromatic heterocycles. The summed E-state index contributed by atoms with van der Waals surface area (Å²) in [5.41, 5.74) is 2.93. The minimum absolute atomic E-state index is 0.0928. The number of nitro groups is 1. The van der Waals surface area contributed by atoms with Crippen LogP contribution in [0.15, 0.2) is 40.9 Å². The number of rotatable bonds is 5. The third kappa shape index (κ3) is 4.12. The highest BCUT2D eigenvalue weighted by Gasteiger charge is 2.16. The molecule has 0 atom stereocenters. The van der Waals surface area contributed by atoms with Gasteiger partial charge in [-0.05, 0) is 23.8 Å². The summed E-state index contributed by atoms with van der Waals surface area (Å²) in [6, 6.07) is 12.3. The van der Waals surface area contributed by atoms with Crippen LogP contribution < -0.4 is 10.2 Å². The smallest absolute Gasteiger partial charge is 0.270 e. The summed E-state index contributed by atoms with van der Waals surface area (Å²) in [5, 5.41) is 23.4. The van der Waals surface area contributed by atoms with Crippen LogP contribution in [0.2, 0.25) is 0 Å². The van der Waals surface area contributed by atoms with Gasteiger partial charge in [-0.2, -0.15) is 5.26 Å². The molecule has 1 fully saturated rings. The molecule has 3 rings (SSSR count). The summed E-state index contributed by atoms with van der Waals surface area (Å²) in [4.78, 5) is 12.6. The minimum Gasteiger partial charge on any atom is -0.380 e. The molecule has 8 heteroatoms. The number of benzene rings is 2. The van der Waals surface area contributed by atoms with Crippen molar-refractivity contribution in [2.75, 3.05) is 36.5 Å². The molecule has 0 saturated carbocycles. The van der Waals surface area contributed by atoms with E-state index in [1.165, 1.54) is 12.1 Å². The fourth-order valence-electron chi connectivity index (χ4n) is 2.87. The van der Waals surface area contributed by atoms with E-state index in [-0.39, 0.29) is 11.3 Å². The van der Waals surface area contributed by atoms with E-state index in [1.807, 2.05) is 18.2 Å². The first-order valence-corrected chi connectivity index (χ1v) is 8.91. The number of morpholine rings is 1. The average molecular weight is 417 g/mol. The van der Waals surface area contributed by atoms with Crippen LogP contribution in [0.4, 0.5) is 17.1 Å². The van der Waals surface area contributed by atoms with Crippen LogP contribution in [-0.4, -0.2) is 31.2 Å². The van der Waals surface area contributed by atoms with Crippen molar-refractivity contribution in [1.82, 2.24) is 0 Å². The van der Waals surface area contributed by atoms with Crippen LogP contribution in [0.5, 0.6) is 0 Å². The Hall–Kier alpha value is -2.63. The summed E-state index contributed by atoms with van der Waals surface area (Å²) < 4.78 is 6.42. The van der Waals surface area contributed by atoms with E-state index in [9.17, 15) is 15.4 Å². The third-order valence-corrected chi connectivity index (χ3v) is 4.70. The van der Waals surface area contributed by atoms with Gasteiger partial charge in [-0.15, -0.1) is 0 Å². The highest BCUT2D eigenvalue weighted by Crippen LogP contribution is 2.28. The molecule has 0 aliphatic carbocycles. The third-order valence-electron chi connectivity index (χ3n) is 4.20. The molecule has 0 bridgehead atoms. The summed E-state index contributed by atoms with van der Waals surface area (Å²) in [7, 11) is 0. The predicted molar refractivity (Wildman–Crippen MR) is 102 cm³/mol. The molecule has 2 aromatic rings. The maximum Gasteiger partial charge on any atom is 0.270 e. The van der Waals surface area contributed by atoms with Crippen molar-refractivity contribution < 1.29 is 9.66 Å². The van der Waals surface area contributed by atoms with Crippen LogP contribution in [0.3, 0.4) is 0 Å². The Morgan fingerprint density at radius 2 is 2.04 bits per heavy atom. The first-order valence-electron chi connectivity index (χ1n) is 8.12. The molecule has 0 spiro atoms. The minimum atomic E-state index is -0.504. The maximum atomic E-state index is 10.9. The lowest BCUT2D eigenvalue weighted by atomic mass is 10.1. The van der Waals surface area contributed by atoms with E-state index in [1.54, 1.807) is 6.07 Å². The van der Waals surface area contributed by atoms with Gasteiger partial charge in [-0.25, -0.2) is 0 Å². The van der Waals surface area contributed by atoms with Crippen LogP contribution in [0, 0.1) is 21.4 Å². The highest BCUT2D eigenvalue weighted by atomic mass is 79.9. The molecule has 2 aromatic carbocycles. The molecule has 1 aliphatic rings. The zero-order valence-electron chi connectivity index (χ0n) is 13.9. The zero-order valence-corrected chi connectivity index (χ0v) is 15.5. The second-order valence-corrected chi connectivity index (χ2v) is 6.74. The summed E-state index contributed by atoms with van der Waals surface area (Å²) in [6.07, 6.45) is 0. The Morgan fingerprint density at radius 3 is 2.73 bits per heavy atom. The van der Waals surface area contributed by atoms with E-state index in [0.29, 0.717) is 25.4 Å². The Morgan fingerprint density at radius 1 is 1.27 bits per heavy atom. The van der Waals surface area contributed by atoms with Crippen molar-refractivity contribution in [2.45, 2.75) is 6.54 Å². The SMILES string of the molecule is N#Cc1cc([N+](=O)[O-])ccc1NCc1ccc(Br)cc1N1CCOCC1. The number of hydrogen-bond donors (Lipinski definition) is 1. The molecule has 1 saturated heterocycles. The highest BCUT2D eigenvalue weighted by molar-refractivity contribution is 9.10. The van der Waals surface area contributed by atoms with Crippen molar-refractivity contribution >= 4 is 33.0 Å². The molecule has 0 amide bonds. The van der Waals surface area contributed by atoms with Gasteiger partial charge in [0, 0.05) is 41.9 Å². The van der Waals surface area contributed by atoms with Crippen LogP contribution in [0.1, 0.15) is 11.1 Å². The maximum absolute atomic E-state index is 10.9. The Labute approximate surface area is 159 Å². The Kier molecular flexibility index (Phi) is 5.71. The van der Waals surface area contributed by atoms with Gasteiger partial charge >= 0.3 is 0 Å². The number of non-ortho nitro benzene ring substituents is 1. The van der Waals surface area contributed by atoms with E-state index >= 15 is 0 Å². The van der Waals surface area contributed by atoms with Gasteiger partial charge in [0.05, 0.1) is 29.4 Å². The molecule has 134 valence electrons. The monoisotopic (exact) mass is 416 g/mol. The standard InChI is InChI=1S/C18H17BrN4O3/c19-15-2-1-13(18(10-15)22-5-7-26-8-6-22)12-21-17-4-3-16(23(24)25)9-14(17)11-20/h1-4,9-10,21H,5-8,12H2. The van der Waals surface area contributed by atoms with Gasteiger partial charge in [0.15, 0.2) is 0 Å². The first kappa shape index (κ1) is 18.2. The molecule has 1 aliphatic heterocycles. The second kappa shape index (κ2) is 8.17. The van der Waals surface area contributed by atoms with Gasteiger partial charge in [0.2, 0.25) is 0 Å². The molecule has 7 nitrogen and oxygen atoms in total. The lowest BCUT2D eigenvalue weighted by molar-refractivity contribution is -0.384. The first-order chi connectivity index (χ1) is 12.6. The number of anilines is 2. The summed E-state index contributed by atoms with van der Waals surface area (Å²) >= 11 is 3.52.